The first kappa shape index (κ1) is 14.5. The molecule has 102 valence electrons. The fourth-order valence-electron chi connectivity index (χ4n) is 2.22. The number of rotatable bonds is 2. The number of hydrogen-bond acceptors (Lipinski definition) is 2. The number of benzene rings is 1. The Labute approximate surface area is 128 Å². The molecule has 1 saturated heterocycles. The standard InChI is InChI=1S/C13H13Br2NO3/c14-10-4-9(5-11(15)6-10)12(17)16-3-1-2-8(7-16)13(18)19/h4-6,8H,1-3,7H2,(H,18,19). The second-order valence-corrected chi connectivity index (χ2v) is 6.42. The van der Waals surface area contributed by atoms with Crippen molar-refractivity contribution in [1.82, 2.24) is 4.90 Å². The van der Waals surface area contributed by atoms with Crippen molar-refractivity contribution in [3.8, 4) is 0 Å². The van der Waals surface area contributed by atoms with E-state index < -0.39 is 11.9 Å². The minimum Gasteiger partial charge on any atom is -0.481 e. The quantitative estimate of drug-likeness (QED) is 0.843. The molecule has 0 aromatic heterocycles. The Bertz CT molecular complexity index is 498. The first-order valence-corrected chi connectivity index (χ1v) is 7.54. The summed E-state index contributed by atoms with van der Waals surface area (Å²) in [6.07, 6.45) is 1.37. The normalized spacial score (nSPS) is 19.3. The summed E-state index contributed by atoms with van der Waals surface area (Å²) >= 11 is 6.69. The lowest BCUT2D eigenvalue weighted by Gasteiger charge is -2.30. The molecule has 0 aliphatic carbocycles. The predicted molar refractivity (Wildman–Crippen MR) is 78.1 cm³/mol. The molecule has 0 radical (unpaired) electrons. The topological polar surface area (TPSA) is 57.6 Å². The van der Waals surface area contributed by atoms with Gasteiger partial charge in [-0.15, -0.1) is 0 Å². The number of hydrogen-bond donors (Lipinski definition) is 1. The van der Waals surface area contributed by atoms with Crippen molar-refractivity contribution in [2.75, 3.05) is 13.1 Å². The molecule has 1 unspecified atom stereocenters. The number of piperidine rings is 1. The van der Waals surface area contributed by atoms with Crippen LogP contribution in [0.15, 0.2) is 27.1 Å². The molecular formula is C13H13Br2NO3. The highest BCUT2D eigenvalue weighted by Crippen LogP contribution is 2.23. The van der Waals surface area contributed by atoms with Gasteiger partial charge in [0.15, 0.2) is 0 Å². The fourth-order valence-corrected chi connectivity index (χ4v) is 3.52. The van der Waals surface area contributed by atoms with Crippen LogP contribution in [-0.4, -0.2) is 35.0 Å². The van der Waals surface area contributed by atoms with Crippen molar-refractivity contribution in [3.05, 3.63) is 32.7 Å². The summed E-state index contributed by atoms with van der Waals surface area (Å²) in [6, 6.07) is 5.35. The molecule has 1 aromatic carbocycles. The molecule has 0 saturated carbocycles. The Balaban J connectivity index is 2.16. The van der Waals surface area contributed by atoms with Gasteiger partial charge in [-0.2, -0.15) is 0 Å². The van der Waals surface area contributed by atoms with Crippen LogP contribution in [0.3, 0.4) is 0 Å². The summed E-state index contributed by atoms with van der Waals surface area (Å²) in [7, 11) is 0. The van der Waals surface area contributed by atoms with Crippen LogP contribution in [0.25, 0.3) is 0 Å². The molecule has 6 heteroatoms. The smallest absolute Gasteiger partial charge is 0.308 e. The van der Waals surface area contributed by atoms with Gasteiger partial charge in [0.25, 0.3) is 5.91 Å². The van der Waals surface area contributed by atoms with Gasteiger partial charge in [0, 0.05) is 27.6 Å². The van der Waals surface area contributed by atoms with E-state index >= 15 is 0 Å². The van der Waals surface area contributed by atoms with Gasteiger partial charge >= 0.3 is 5.97 Å². The minimum absolute atomic E-state index is 0.118. The van der Waals surface area contributed by atoms with E-state index in [-0.39, 0.29) is 12.5 Å². The summed E-state index contributed by atoms with van der Waals surface area (Å²) in [6.45, 7) is 0.908. The molecule has 1 aliphatic heterocycles. The number of amides is 1. The van der Waals surface area contributed by atoms with E-state index in [0.29, 0.717) is 18.5 Å². The fraction of sp³-hybridized carbons (Fsp3) is 0.385. The molecule has 1 atom stereocenters. The maximum Gasteiger partial charge on any atom is 0.308 e. The molecule has 1 aliphatic rings. The maximum absolute atomic E-state index is 12.4. The lowest BCUT2D eigenvalue weighted by molar-refractivity contribution is -0.143. The SMILES string of the molecule is O=C(O)C1CCCN(C(=O)c2cc(Br)cc(Br)c2)C1. The van der Waals surface area contributed by atoms with Gasteiger partial charge in [0.05, 0.1) is 5.92 Å². The van der Waals surface area contributed by atoms with Gasteiger partial charge in [-0.1, -0.05) is 31.9 Å². The summed E-state index contributed by atoms with van der Waals surface area (Å²) in [4.78, 5) is 25.0. The third kappa shape index (κ3) is 3.57. The Kier molecular flexibility index (Phi) is 4.62. The van der Waals surface area contributed by atoms with Crippen LogP contribution in [0.4, 0.5) is 0 Å². The second kappa shape index (κ2) is 6.05. The number of aliphatic carboxylic acids is 1. The molecule has 0 spiro atoms. The molecule has 4 nitrogen and oxygen atoms in total. The first-order chi connectivity index (χ1) is 8.97. The number of nitrogens with zero attached hydrogens (tertiary/aromatic N) is 1. The number of likely N-dealkylation sites (tertiary alicyclic amines) is 1. The molecule has 1 aromatic rings. The largest absolute Gasteiger partial charge is 0.481 e. The number of halogens is 2. The van der Waals surface area contributed by atoms with Crippen LogP contribution in [0, 0.1) is 5.92 Å². The zero-order valence-corrected chi connectivity index (χ0v) is 13.3. The van der Waals surface area contributed by atoms with Crippen LogP contribution in [0.2, 0.25) is 0 Å². The van der Waals surface area contributed by atoms with Crippen molar-refractivity contribution in [1.29, 1.82) is 0 Å². The molecule has 1 heterocycles. The first-order valence-electron chi connectivity index (χ1n) is 5.95. The maximum atomic E-state index is 12.4. The zero-order chi connectivity index (χ0) is 14.0. The van der Waals surface area contributed by atoms with Gasteiger partial charge in [0.1, 0.15) is 0 Å². The molecule has 1 fully saturated rings. The summed E-state index contributed by atoms with van der Waals surface area (Å²) in [5.41, 5.74) is 0.562. The molecule has 1 amide bonds. The van der Waals surface area contributed by atoms with Crippen LogP contribution >= 0.6 is 31.9 Å². The third-order valence-electron chi connectivity index (χ3n) is 3.17. The van der Waals surface area contributed by atoms with Gasteiger partial charge in [0.2, 0.25) is 0 Å². The van der Waals surface area contributed by atoms with Crippen molar-refractivity contribution in [3.63, 3.8) is 0 Å². The van der Waals surface area contributed by atoms with Crippen LogP contribution in [-0.2, 0) is 4.79 Å². The van der Waals surface area contributed by atoms with Crippen molar-refractivity contribution in [2.45, 2.75) is 12.8 Å². The monoisotopic (exact) mass is 389 g/mol. The Hall–Kier alpha value is -0.880. The van der Waals surface area contributed by atoms with Crippen molar-refractivity contribution >= 4 is 43.7 Å². The Morgan fingerprint density at radius 3 is 2.42 bits per heavy atom. The average molecular weight is 391 g/mol. The Morgan fingerprint density at radius 1 is 1.21 bits per heavy atom. The van der Waals surface area contributed by atoms with Crippen molar-refractivity contribution < 1.29 is 14.7 Å². The highest BCUT2D eigenvalue weighted by Gasteiger charge is 2.28. The van der Waals surface area contributed by atoms with E-state index in [9.17, 15) is 9.59 Å². The highest BCUT2D eigenvalue weighted by atomic mass is 79.9. The summed E-state index contributed by atoms with van der Waals surface area (Å²) < 4.78 is 1.63. The lowest BCUT2D eigenvalue weighted by Crippen LogP contribution is -2.42. The van der Waals surface area contributed by atoms with Crippen molar-refractivity contribution in [2.24, 2.45) is 5.92 Å². The van der Waals surface area contributed by atoms with E-state index in [1.807, 2.05) is 6.07 Å². The summed E-state index contributed by atoms with van der Waals surface area (Å²) in [5.74, 6) is -1.39. The molecule has 1 N–H and O–H groups in total. The molecular weight excluding hydrogens is 378 g/mol. The number of carbonyl (C=O) groups is 2. The van der Waals surface area contributed by atoms with Gasteiger partial charge in [-0.3, -0.25) is 9.59 Å². The van der Waals surface area contributed by atoms with E-state index in [0.717, 1.165) is 15.4 Å². The molecule has 0 bridgehead atoms. The van der Waals surface area contributed by atoms with E-state index in [2.05, 4.69) is 31.9 Å². The number of carboxylic acids is 1. The zero-order valence-electron chi connectivity index (χ0n) is 10.1. The third-order valence-corrected chi connectivity index (χ3v) is 4.08. The Morgan fingerprint density at radius 2 is 1.84 bits per heavy atom. The summed E-state index contributed by atoms with van der Waals surface area (Å²) in [5, 5.41) is 9.04. The van der Waals surface area contributed by atoms with Gasteiger partial charge in [-0.05, 0) is 31.0 Å². The van der Waals surface area contributed by atoms with Gasteiger partial charge in [-0.25, -0.2) is 0 Å². The predicted octanol–water partition coefficient (Wildman–Crippen LogP) is 3.15. The van der Waals surface area contributed by atoms with Gasteiger partial charge < -0.3 is 10.0 Å². The highest BCUT2D eigenvalue weighted by molar-refractivity contribution is 9.11. The van der Waals surface area contributed by atoms with E-state index in [1.54, 1.807) is 17.0 Å². The second-order valence-electron chi connectivity index (χ2n) is 4.59. The van der Waals surface area contributed by atoms with Crippen LogP contribution in [0.1, 0.15) is 23.2 Å². The number of carbonyl (C=O) groups excluding carboxylic acids is 1. The van der Waals surface area contributed by atoms with E-state index in [4.69, 9.17) is 5.11 Å². The molecule has 19 heavy (non-hydrogen) atoms. The lowest BCUT2D eigenvalue weighted by atomic mass is 9.97. The minimum atomic E-state index is -0.826. The molecule has 2 rings (SSSR count). The van der Waals surface area contributed by atoms with Crippen LogP contribution in [0.5, 0.6) is 0 Å². The van der Waals surface area contributed by atoms with E-state index in [1.165, 1.54) is 0 Å². The number of carboxylic acid groups (broad SMARTS) is 1. The average Bonchev–Trinajstić information content (AvgIpc) is 2.37. The van der Waals surface area contributed by atoms with Crippen LogP contribution < -0.4 is 0 Å².